The Balaban J connectivity index is 2.15. The van der Waals surface area contributed by atoms with E-state index in [-0.39, 0.29) is 17.1 Å². The van der Waals surface area contributed by atoms with Crippen molar-refractivity contribution in [2.75, 3.05) is 0 Å². The number of nitro benzene ring substituents is 2. The van der Waals surface area contributed by atoms with E-state index in [1.165, 1.54) is 16.8 Å². The molecule has 0 amide bonds. The minimum absolute atomic E-state index is 0.189. The first-order valence-corrected chi connectivity index (χ1v) is 7.99. The molecule has 26 heavy (non-hydrogen) atoms. The van der Waals surface area contributed by atoms with Gasteiger partial charge < -0.3 is 0 Å². The van der Waals surface area contributed by atoms with Crippen molar-refractivity contribution in [1.29, 1.82) is 0 Å². The van der Waals surface area contributed by atoms with E-state index in [4.69, 9.17) is 0 Å². The zero-order valence-electron chi connectivity index (χ0n) is 14.2. The molecule has 3 aromatic rings. The van der Waals surface area contributed by atoms with Gasteiger partial charge in [-0.15, -0.1) is 0 Å². The van der Waals surface area contributed by atoms with Gasteiger partial charge >= 0.3 is 5.69 Å². The van der Waals surface area contributed by atoms with Crippen LogP contribution in [0.25, 0.3) is 16.9 Å². The Labute approximate surface area is 149 Å². The van der Waals surface area contributed by atoms with Crippen molar-refractivity contribution in [2.24, 2.45) is 0 Å². The van der Waals surface area contributed by atoms with Crippen molar-refractivity contribution in [3.05, 3.63) is 80.0 Å². The van der Waals surface area contributed by atoms with Gasteiger partial charge in [0.05, 0.1) is 21.6 Å². The van der Waals surface area contributed by atoms with E-state index in [1.54, 1.807) is 6.20 Å². The second kappa shape index (κ2) is 6.75. The molecule has 1 heterocycles. The summed E-state index contributed by atoms with van der Waals surface area (Å²) >= 11 is 0. The number of benzene rings is 2. The molecule has 0 saturated carbocycles. The van der Waals surface area contributed by atoms with Gasteiger partial charge in [-0.2, -0.15) is 5.10 Å². The number of nitrogens with zero attached hydrogens (tertiary/aromatic N) is 4. The Hall–Kier alpha value is -3.55. The maximum Gasteiger partial charge on any atom is 0.301 e. The molecule has 0 aliphatic carbocycles. The van der Waals surface area contributed by atoms with Gasteiger partial charge in [0, 0.05) is 17.8 Å². The molecule has 0 spiro atoms. The summed E-state index contributed by atoms with van der Waals surface area (Å²) in [5.74, 6) is 0. The van der Waals surface area contributed by atoms with E-state index in [9.17, 15) is 20.2 Å². The maximum atomic E-state index is 11.4. The highest BCUT2D eigenvalue weighted by molar-refractivity contribution is 5.65. The van der Waals surface area contributed by atoms with Crippen LogP contribution < -0.4 is 0 Å². The highest BCUT2D eigenvalue weighted by Gasteiger charge is 2.22. The molecule has 3 rings (SSSR count). The SMILES string of the molecule is CCc1cn(-c2ccc([N+](=O)[O-])cc2[N+](=O)[O-])nc1-c1ccc(C)cc1. The quantitative estimate of drug-likeness (QED) is 0.505. The van der Waals surface area contributed by atoms with Gasteiger partial charge in [0.2, 0.25) is 0 Å². The lowest BCUT2D eigenvalue weighted by atomic mass is 10.1. The van der Waals surface area contributed by atoms with Crippen LogP contribution in [0.4, 0.5) is 11.4 Å². The highest BCUT2D eigenvalue weighted by atomic mass is 16.6. The molecule has 8 heteroatoms. The number of aryl methyl sites for hydroxylation is 2. The molecule has 8 nitrogen and oxygen atoms in total. The summed E-state index contributed by atoms with van der Waals surface area (Å²) in [5.41, 5.74) is 3.20. The number of nitro groups is 2. The zero-order chi connectivity index (χ0) is 18.8. The predicted molar refractivity (Wildman–Crippen MR) is 96.4 cm³/mol. The van der Waals surface area contributed by atoms with Crippen LogP contribution in [0.3, 0.4) is 0 Å². The summed E-state index contributed by atoms with van der Waals surface area (Å²) < 4.78 is 1.41. The van der Waals surface area contributed by atoms with E-state index >= 15 is 0 Å². The average Bonchev–Trinajstić information content (AvgIpc) is 3.06. The molecule has 0 saturated heterocycles. The van der Waals surface area contributed by atoms with E-state index in [2.05, 4.69) is 5.10 Å². The number of hydrogen-bond acceptors (Lipinski definition) is 5. The van der Waals surface area contributed by atoms with Gasteiger partial charge in [0.15, 0.2) is 0 Å². The van der Waals surface area contributed by atoms with Crippen molar-refractivity contribution in [3.8, 4) is 16.9 Å². The number of rotatable bonds is 5. The Morgan fingerprint density at radius 2 is 1.73 bits per heavy atom. The second-order valence-corrected chi connectivity index (χ2v) is 5.85. The summed E-state index contributed by atoms with van der Waals surface area (Å²) in [4.78, 5) is 21.0. The van der Waals surface area contributed by atoms with Crippen LogP contribution >= 0.6 is 0 Å². The minimum Gasteiger partial charge on any atom is -0.258 e. The number of hydrogen-bond donors (Lipinski definition) is 0. The van der Waals surface area contributed by atoms with E-state index in [0.717, 1.165) is 28.5 Å². The largest absolute Gasteiger partial charge is 0.301 e. The van der Waals surface area contributed by atoms with Gasteiger partial charge in [0.25, 0.3) is 5.69 Å². The molecule has 1 aromatic heterocycles. The molecular formula is C18H16N4O4. The molecule has 2 aromatic carbocycles. The van der Waals surface area contributed by atoms with Crippen LogP contribution in [0.1, 0.15) is 18.1 Å². The van der Waals surface area contributed by atoms with Crippen LogP contribution in [0.15, 0.2) is 48.7 Å². The summed E-state index contributed by atoms with van der Waals surface area (Å²) in [5, 5.41) is 26.8. The van der Waals surface area contributed by atoms with Gasteiger partial charge in [-0.25, -0.2) is 4.68 Å². The van der Waals surface area contributed by atoms with Crippen LogP contribution in [-0.2, 0) is 6.42 Å². The van der Waals surface area contributed by atoms with Gasteiger partial charge in [-0.05, 0) is 25.0 Å². The van der Waals surface area contributed by atoms with Crippen molar-refractivity contribution < 1.29 is 9.85 Å². The molecule has 0 atom stereocenters. The standard InChI is InChI=1S/C18H16N4O4/c1-3-13-11-20(19-18(13)14-6-4-12(2)5-7-14)16-9-8-15(21(23)24)10-17(16)22(25)26/h4-11H,3H2,1-2H3. The van der Waals surface area contributed by atoms with Crippen LogP contribution in [0.5, 0.6) is 0 Å². The summed E-state index contributed by atoms with van der Waals surface area (Å²) in [7, 11) is 0. The van der Waals surface area contributed by atoms with Crippen LogP contribution in [0.2, 0.25) is 0 Å². The first-order valence-electron chi connectivity index (χ1n) is 7.99. The third-order valence-corrected chi connectivity index (χ3v) is 4.11. The average molecular weight is 352 g/mol. The maximum absolute atomic E-state index is 11.4. The van der Waals surface area contributed by atoms with Crippen LogP contribution in [-0.4, -0.2) is 19.6 Å². The number of non-ortho nitro benzene ring substituents is 1. The lowest BCUT2D eigenvalue weighted by Gasteiger charge is -2.03. The summed E-state index contributed by atoms with van der Waals surface area (Å²) in [6.45, 7) is 3.96. The Morgan fingerprint density at radius 3 is 2.31 bits per heavy atom. The van der Waals surface area contributed by atoms with Crippen molar-refractivity contribution >= 4 is 11.4 Å². The van der Waals surface area contributed by atoms with Gasteiger partial charge in [-0.1, -0.05) is 36.8 Å². The fourth-order valence-corrected chi connectivity index (χ4v) is 2.71. The summed E-state index contributed by atoms with van der Waals surface area (Å²) in [6.07, 6.45) is 2.42. The van der Waals surface area contributed by atoms with Crippen molar-refractivity contribution in [1.82, 2.24) is 9.78 Å². The molecule has 0 bridgehead atoms. The Bertz CT molecular complexity index is 993. The van der Waals surface area contributed by atoms with E-state index in [0.29, 0.717) is 6.42 Å². The first-order chi connectivity index (χ1) is 12.4. The van der Waals surface area contributed by atoms with Gasteiger partial charge in [-0.3, -0.25) is 20.2 Å². The monoisotopic (exact) mass is 352 g/mol. The lowest BCUT2D eigenvalue weighted by molar-refractivity contribution is -0.394. The molecule has 0 radical (unpaired) electrons. The zero-order valence-corrected chi connectivity index (χ0v) is 14.2. The predicted octanol–water partition coefficient (Wildman–Crippen LogP) is 4.23. The van der Waals surface area contributed by atoms with E-state index in [1.807, 2.05) is 38.1 Å². The lowest BCUT2D eigenvalue weighted by Crippen LogP contribution is -2.02. The van der Waals surface area contributed by atoms with Crippen LogP contribution in [0, 0.1) is 27.2 Å². The molecular weight excluding hydrogens is 336 g/mol. The first kappa shape index (κ1) is 17.3. The third kappa shape index (κ3) is 3.16. The molecule has 0 fully saturated rings. The van der Waals surface area contributed by atoms with Crippen molar-refractivity contribution in [3.63, 3.8) is 0 Å². The fourth-order valence-electron chi connectivity index (χ4n) is 2.71. The Kier molecular flexibility index (Phi) is 4.49. The van der Waals surface area contributed by atoms with Gasteiger partial charge in [0.1, 0.15) is 5.69 Å². The Morgan fingerprint density at radius 1 is 1.04 bits per heavy atom. The molecule has 0 N–H and O–H groups in total. The smallest absolute Gasteiger partial charge is 0.258 e. The van der Waals surface area contributed by atoms with Crippen molar-refractivity contribution in [2.45, 2.75) is 20.3 Å². The second-order valence-electron chi connectivity index (χ2n) is 5.85. The molecule has 132 valence electrons. The molecule has 0 aliphatic heterocycles. The molecule has 0 aliphatic rings. The third-order valence-electron chi connectivity index (χ3n) is 4.11. The normalized spacial score (nSPS) is 10.7. The minimum atomic E-state index is -0.658. The molecule has 0 unspecified atom stereocenters. The van der Waals surface area contributed by atoms with E-state index < -0.39 is 9.85 Å². The number of aromatic nitrogens is 2. The topological polar surface area (TPSA) is 104 Å². The summed E-state index contributed by atoms with van der Waals surface area (Å²) in [6, 6.07) is 11.4. The highest BCUT2D eigenvalue weighted by Crippen LogP contribution is 2.30. The fraction of sp³-hybridized carbons (Fsp3) is 0.167.